The molecule has 26 heavy (non-hydrogen) atoms. The molecule has 0 bridgehead atoms. The minimum absolute atomic E-state index is 0.0441. The van der Waals surface area contributed by atoms with Gasteiger partial charge in [-0.3, -0.25) is 0 Å². The smallest absolute Gasteiger partial charge is 0.244 e. The Hall–Kier alpha value is -1.67. The fourth-order valence-electron chi connectivity index (χ4n) is 2.37. The van der Waals surface area contributed by atoms with Gasteiger partial charge in [-0.15, -0.1) is 0 Å². The zero-order valence-corrected chi connectivity index (χ0v) is 17.1. The van der Waals surface area contributed by atoms with E-state index in [-0.39, 0.29) is 21.5 Å². The third-order valence-electron chi connectivity index (χ3n) is 3.80. The van der Waals surface area contributed by atoms with Gasteiger partial charge in [0.1, 0.15) is 27.2 Å². The van der Waals surface area contributed by atoms with Crippen LogP contribution >= 0.6 is 23.2 Å². The lowest BCUT2D eigenvalue weighted by molar-refractivity contribution is 0.389. The molecule has 2 rings (SSSR count). The average Bonchev–Trinajstić information content (AvgIpc) is 2.63. The summed E-state index contributed by atoms with van der Waals surface area (Å²) in [5.41, 5.74) is 0.647. The predicted octanol–water partition coefficient (Wildman–Crippen LogP) is 3.84. The number of hydrogen-bond acceptors (Lipinski definition) is 5. The molecular weight excluding hydrogens is 401 g/mol. The van der Waals surface area contributed by atoms with Crippen LogP contribution in [0.3, 0.4) is 0 Å². The standard InChI is InChI=1S/C17H19Cl2NO5S/c1-20(10-11-9-12(23-2)5-6-13(11)24-3)26(21,22)15-8-7-14(25-4)16(18)17(15)19/h5-9H,10H2,1-4H3. The molecular formula is C17H19Cl2NO5S. The van der Waals surface area contributed by atoms with E-state index in [1.165, 1.54) is 40.5 Å². The Morgan fingerprint density at radius 3 is 2.12 bits per heavy atom. The third kappa shape index (κ3) is 4.01. The van der Waals surface area contributed by atoms with Gasteiger partial charge in [0.25, 0.3) is 0 Å². The normalized spacial score (nSPS) is 11.5. The molecule has 6 nitrogen and oxygen atoms in total. The van der Waals surface area contributed by atoms with Gasteiger partial charge >= 0.3 is 0 Å². The third-order valence-corrected chi connectivity index (χ3v) is 6.62. The zero-order chi connectivity index (χ0) is 19.5. The highest BCUT2D eigenvalue weighted by Gasteiger charge is 2.27. The quantitative estimate of drug-likeness (QED) is 0.681. The Labute approximate surface area is 163 Å². The van der Waals surface area contributed by atoms with Crippen molar-refractivity contribution < 1.29 is 22.6 Å². The molecule has 0 atom stereocenters. The lowest BCUT2D eigenvalue weighted by Gasteiger charge is -2.20. The van der Waals surface area contributed by atoms with Crippen LogP contribution in [0.4, 0.5) is 0 Å². The van der Waals surface area contributed by atoms with Crippen LogP contribution in [0.1, 0.15) is 5.56 Å². The van der Waals surface area contributed by atoms with E-state index in [1.807, 2.05) is 0 Å². The summed E-state index contributed by atoms with van der Waals surface area (Å²) in [4.78, 5) is -0.102. The number of methoxy groups -OCH3 is 3. The number of hydrogen-bond donors (Lipinski definition) is 0. The summed E-state index contributed by atoms with van der Waals surface area (Å²) in [6, 6.07) is 7.99. The molecule has 2 aromatic carbocycles. The van der Waals surface area contributed by atoms with E-state index < -0.39 is 10.0 Å². The van der Waals surface area contributed by atoms with Crippen molar-refractivity contribution in [1.29, 1.82) is 0 Å². The van der Waals surface area contributed by atoms with Crippen molar-refractivity contribution in [3.8, 4) is 17.2 Å². The minimum atomic E-state index is -3.89. The molecule has 2 aromatic rings. The SMILES string of the molecule is COc1ccc(OC)c(CN(C)S(=O)(=O)c2ccc(OC)c(Cl)c2Cl)c1. The van der Waals surface area contributed by atoms with Gasteiger partial charge in [-0.25, -0.2) is 8.42 Å². The largest absolute Gasteiger partial charge is 0.497 e. The average molecular weight is 420 g/mol. The molecule has 0 aromatic heterocycles. The van der Waals surface area contributed by atoms with Crippen molar-refractivity contribution in [2.24, 2.45) is 0 Å². The Morgan fingerprint density at radius 1 is 0.923 bits per heavy atom. The Kier molecular flexibility index (Phi) is 6.63. The second kappa shape index (κ2) is 8.35. The van der Waals surface area contributed by atoms with Crippen molar-refractivity contribution in [1.82, 2.24) is 4.31 Å². The maximum Gasteiger partial charge on any atom is 0.244 e. The summed E-state index contributed by atoms with van der Waals surface area (Å²) in [6.45, 7) is 0.0582. The Bertz CT molecular complexity index is 902. The van der Waals surface area contributed by atoms with E-state index >= 15 is 0 Å². The summed E-state index contributed by atoms with van der Waals surface area (Å²) < 4.78 is 42.6. The summed E-state index contributed by atoms with van der Waals surface area (Å²) in [5.74, 6) is 1.44. The number of rotatable bonds is 7. The maximum absolute atomic E-state index is 12.9. The topological polar surface area (TPSA) is 65.1 Å². The van der Waals surface area contributed by atoms with Gasteiger partial charge in [-0.05, 0) is 30.3 Å². The number of halogens is 2. The highest BCUT2D eigenvalue weighted by atomic mass is 35.5. The van der Waals surface area contributed by atoms with Crippen molar-refractivity contribution >= 4 is 33.2 Å². The fourth-order valence-corrected chi connectivity index (χ4v) is 4.33. The number of ether oxygens (including phenoxy) is 3. The summed E-state index contributed by atoms with van der Waals surface area (Å²) >= 11 is 12.2. The molecule has 0 unspecified atom stereocenters. The molecule has 142 valence electrons. The molecule has 0 fully saturated rings. The van der Waals surface area contributed by atoms with Crippen LogP contribution in [-0.2, 0) is 16.6 Å². The number of benzene rings is 2. The molecule has 0 amide bonds. The van der Waals surface area contributed by atoms with E-state index in [2.05, 4.69) is 0 Å². The van der Waals surface area contributed by atoms with Crippen molar-refractivity contribution in [3.05, 3.63) is 45.9 Å². The van der Waals surface area contributed by atoms with Crippen LogP contribution < -0.4 is 14.2 Å². The first kappa shape index (κ1) is 20.6. The van der Waals surface area contributed by atoms with E-state index in [1.54, 1.807) is 18.2 Å². The van der Waals surface area contributed by atoms with Crippen LogP contribution in [0.2, 0.25) is 10.0 Å². The Morgan fingerprint density at radius 2 is 1.54 bits per heavy atom. The van der Waals surface area contributed by atoms with Gasteiger partial charge in [0.2, 0.25) is 10.0 Å². The van der Waals surface area contributed by atoms with E-state index in [0.29, 0.717) is 22.8 Å². The Balaban J connectivity index is 2.41. The molecule has 0 radical (unpaired) electrons. The molecule has 0 N–H and O–H groups in total. The molecule has 0 aliphatic rings. The van der Waals surface area contributed by atoms with Gasteiger partial charge in [0.15, 0.2) is 0 Å². The first-order valence-corrected chi connectivity index (χ1v) is 9.65. The van der Waals surface area contributed by atoms with Crippen LogP contribution in [0.5, 0.6) is 17.2 Å². The number of sulfonamides is 1. The summed E-state index contributed by atoms with van der Waals surface area (Å²) in [5, 5.41) is -0.0434. The van der Waals surface area contributed by atoms with E-state index in [0.717, 1.165) is 4.31 Å². The molecule has 0 aliphatic heterocycles. The van der Waals surface area contributed by atoms with Crippen LogP contribution in [0.25, 0.3) is 0 Å². The molecule has 0 aliphatic carbocycles. The van der Waals surface area contributed by atoms with Crippen molar-refractivity contribution in [2.75, 3.05) is 28.4 Å². The lowest BCUT2D eigenvalue weighted by atomic mass is 10.2. The van der Waals surface area contributed by atoms with Crippen LogP contribution in [-0.4, -0.2) is 41.1 Å². The molecule has 0 saturated heterocycles. The van der Waals surface area contributed by atoms with Gasteiger partial charge in [0.05, 0.1) is 26.4 Å². The van der Waals surface area contributed by atoms with Gasteiger partial charge in [-0.1, -0.05) is 23.2 Å². The van der Waals surface area contributed by atoms with Gasteiger partial charge in [0, 0.05) is 19.2 Å². The highest BCUT2D eigenvalue weighted by molar-refractivity contribution is 7.89. The van der Waals surface area contributed by atoms with Crippen LogP contribution in [0.15, 0.2) is 35.2 Å². The predicted molar refractivity (Wildman–Crippen MR) is 101 cm³/mol. The molecule has 9 heteroatoms. The zero-order valence-electron chi connectivity index (χ0n) is 14.7. The van der Waals surface area contributed by atoms with Crippen molar-refractivity contribution in [3.63, 3.8) is 0 Å². The van der Waals surface area contributed by atoms with Gasteiger partial charge in [-0.2, -0.15) is 4.31 Å². The maximum atomic E-state index is 12.9. The lowest BCUT2D eigenvalue weighted by Crippen LogP contribution is -2.27. The molecule has 0 saturated carbocycles. The van der Waals surface area contributed by atoms with Gasteiger partial charge < -0.3 is 14.2 Å². The van der Waals surface area contributed by atoms with Crippen molar-refractivity contribution in [2.45, 2.75) is 11.4 Å². The number of nitrogens with zero attached hydrogens (tertiary/aromatic N) is 1. The monoisotopic (exact) mass is 419 g/mol. The highest BCUT2D eigenvalue weighted by Crippen LogP contribution is 2.38. The fraction of sp³-hybridized carbons (Fsp3) is 0.294. The summed E-state index contributed by atoms with van der Waals surface area (Å²) in [7, 11) is 2.02. The molecule has 0 spiro atoms. The van der Waals surface area contributed by atoms with E-state index in [4.69, 9.17) is 37.4 Å². The second-order valence-electron chi connectivity index (χ2n) is 5.33. The first-order chi connectivity index (χ1) is 12.3. The second-order valence-corrected chi connectivity index (χ2v) is 8.10. The minimum Gasteiger partial charge on any atom is -0.497 e. The van der Waals surface area contributed by atoms with Crippen LogP contribution in [0, 0.1) is 0 Å². The first-order valence-electron chi connectivity index (χ1n) is 7.45. The van der Waals surface area contributed by atoms with E-state index in [9.17, 15) is 8.42 Å². The molecule has 0 heterocycles. The summed E-state index contributed by atoms with van der Waals surface area (Å²) in [6.07, 6.45) is 0.